The minimum atomic E-state index is -1.72. The second-order valence-corrected chi connectivity index (χ2v) is 7.87. The van der Waals surface area contributed by atoms with E-state index < -0.39 is 92.6 Å². The quantitative estimate of drug-likeness (QED) is 0.187. The molecule has 0 saturated carbocycles. The molecule has 0 aromatic rings. The minimum absolute atomic E-state index is 0.386. The van der Waals surface area contributed by atoms with Gasteiger partial charge in [-0.15, -0.1) is 0 Å². The second kappa shape index (κ2) is 10.1. The van der Waals surface area contributed by atoms with E-state index in [1.54, 1.807) is 0 Å². The van der Waals surface area contributed by atoms with Gasteiger partial charge in [-0.1, -0.05) is 0 Å². The third-order valence-corrected chi connectivity index (χ3v) is 5.69. The maximum Gasteiger partial charge on any atom is 0.187 e. The van der Waals surface area contributed by atoms with Crippen molar-refractivity contribution in [3.63, 3.8) is 0 Å². The Kier molecular flexibility index (Phi) is 8.21. The normalized spacial score (nSPS) is 54.0. The molecule has 0 aromatic carbocycles. The molecule has 3 aliphatic heterocycles. The topological polar surface area (TPSA) is 228 Å². The Balaban J connectivity index is 1.66. The first-order valence-corrected chi connectivity index (χ1v) is 9.85. The zero-order valence-corrected chi connectivity index (χ0v) is 16.6. The molecule has 0 bridgehead atoms. The summed E-state index contributed by atoms with van der Waals surface area (Å²) in [6, 6.07) is 0. The first kappa shape index (κ1) is 25.1. The van der Waals surface area contributed by atoms with Crippen LogP contribution in [0.15, 0.2) is 0 Å². The lowest BCUT2D eigenvalue weighted by atomic mass is 9.98. The number of aliphatic hydroxyl groups excluding tert-OH is 9. The van der Waals surface area contributed by atoms with Crippen molar-refractivity contribution >= 4 is 0 Å². The predicted molar refractivity (Wildman–Crippen MR) is 93.8 cm³/mol. The van der Waals surface area contributed by atoms with Crippen LogP contribution in [0.2, 0.25) is 0 Å². The van der Waals surface area contributed by atoms with Crippen molar-refractivity contribution in [1.82, 2.24) is 0 Å². The Bertz CT molecular complexity index is 579. The highest BCUT2D eigenvalue weighted by molar-refractivity contribution is 4.93. The zero-order valence-electron chi connectivity index (χ0n) is 16.6. The van der Waals surface area contributed by atoms with Crippen LogP contribution in [0.4, 0.5) is 0 Å². The van der Waals surface area contributed by atoms with Crippen molar-refractivity contribution < 1.29 is 69.6 Å². The van der Waals surface area contributed by atoms with Gasteiger partial charge in [0.1, 0.15) is 61.0 Å². The van der Waals surface area contributed by atoms with E-state index in [9.17, 15) is 46.0 Å². The van der Waals surface area contributed by atoms with Crippen LogP contribution in [-0.4, -0.2) is 145 Å². The molecule has 0 aliphatic carbocycles. The van der Waals surface area contributed by atoms with Gasteiger partial charge in [0.05, 0.1) is 19.3 Å². The summed E-state index contributed by atoms with van der Waals surface area (Å²) in [6.45, 7) is 0.358. The summed E-state index contributed by atoms with van der Waals surface area (Å²) in [4.78, 5) is 0. The Morgan fingerprint density at radius 1 is 0.710 bits per heavy atom. The molecule has 0 aromatic heterocycles. The fourth-order valence-electron chi connectivity index (χ4n) is 3.67. The number of hydrogen-bond acceptors (Lipinski definition) is 14. The van der Waals surface area contributed by atoms with Gasteiger partial charge in [0, 0.05) is 0 Å². The molecule has 3 heterocycles. The molecule has 3 saturated heterocycles. The van der Waals surface area contributed by atoms with E-state index >= 15 is 0 Å². The third-order valence-electron chi connectivity index (χ3n) is 5.69. The van der Waals surface area contributed by atoms with Crippen LogP contribution in [0.3, 0.4) is 0 Å². The lowest BCUT2D eigenvalue weighted by Crippen LogP contribution is -2.64. The van der Waals surface area contributed by atoms with Crippen molar-refractivity contribution in [1.29, 1.82) is 0 Å². The molecule has 182 valence electrons. The Labute approximate surface area is 176 Å². The average molecular weight is 458 g/mol. The molecule has 3 rings (SSSR count). The van der Waals surface area contributed by atoms with Crippen molar-refractivity contribution in [2.24, 2.45) is 0 Å². The molecular weight excluding hydrogens is 428 g/mol. The highest BCUT2D eigenvalue weighted by atomic mass is 16.7. The largest absolute Gasteiger partial charge is 0.394 e. The molecule has 0 amide bonds. The summed E-state index contributed by atoms with van der Waals surface area (Å²) < 4.78 is 26.5. The molecule has 14 unspecified atom stereocenters. The Morgan fingerprint density at radius 3 is 1.90 bits per heavy atom. The lowest BCUT2D eigenvalue weighted by Gasteiger charge is -2.45. The van der Waals surface area contributed by atoms with Crippen LogP contribution in [0.5, 0.6) is 0 Å². The summed E-state index contributed by atoms with van der Waals surface area (Å²) in [5.74, 6) is 0. The van der Waals surface area contributed by atoms with Crippen molar-refractivity contribution in [2.45, 2.75) is 92.9 Å². The van der Waals surface area contributed by atoms with Crippen molar-refractivity contribution in [2.75, 3.05) is 13.2 Å². The molecule has 0 radical (unpaired) electrons. The highest BCUT2D eigenvalue weighted by Crippen LogP contribution is 2.29. The standard InChI is InChI=1S/C17H30O14/c1-4-7(19)10(22)12(24)16(28-4)31-14-9(21)6(3-27-15(14)26)30-17-13(25)11(23)8(20)5(2-18)29-17/h4-26H,2-3H2,1H3. The lowest BCUT2D eigenvalue weighted by molar-refractivity contribution is -0.368. The van der Waals surface area contributed by atoms with E-state index in [1.807, 2.05) is 0 Å². The van der Waals surface area contributed by atoms with Crippen LogP contribution in [0.1, 0.15) is 6.92 Å². The molecule has 0 spiro atoms. The van der Waals surface area contributed by atoms with Gasteiger partial charge in [0.25, 0.3) is 0 Å². The highest BCUT2D eigenvalue weighted by Gasteiger charge is 2.50. The van der Waals surface area contributed by atoms with Gasteiger partial charge in [-0.2, -0.15) is 0 Å². The first-order valence-electron chi connectivity index (χ1n) is 9.85. The molecule has 14 heteroatoms. The first-order chi connectivity index (χ1) is 14.6. The monoisotopic (exact) mass is 458 g/mol. The van der Waals surface area contributed by atoms with Crippen molar-refractivity contribution in [3.05, 3.63) is 0 Å². The van der Waals surface area contributed by atoms with Gasteiger partial charge in [-0.05, 0) is 6.92 Å². The fourth-order valence-corrected chi connectivity index (χ4v) is 3.67. The van der Waals surface area contributed by atoms with Gasteiger partial charge in [0.15, 0.2) is 18.9 Å². The maximum absolute atomic E-state index is 10.6. The van der Waals surface area contributed by atoms with Gasteiger partial charge >= 0.3 is 0 Å². The van der Waals surface area contributed by atoms with E-state index in [0.717, 1.165) is 0 Å². The summed E-state index contributed by atoms with van der Waals surface area (Å²) in [5.41, 5.74) is 0. The third kappa shape index (κ3) is 5.02. The Hall–Kier alpha value is -0.560. The molecule has 3 fully saturated rings. The molecule has 3 aliphatic rings. The number of ether oxygens (including phenoxy) is 5. The smallest absolute Gasteiger partial charge is 0.187 e. The molecular formula is C17H30O14. The van der Waals surface area contributed by atoms with E-state index in [2.05, 4.69) is 0 Å². The minimum Gasteiger partial charge on any atom is -0.394 e. The number of rotatable bonds is 5. The molecule has 14 nitrogen and oxygen atoms in total. The fraction of sp³-hybridized carbons (Fsp3) is 1.00. The van der Waals surface area contributed by atoms with Crippen LogP contribution in [-0.2, 0) is 23.7 Å². The van der Waals surface area contributed by atoms with Crippen molar-refractivity contribution in [3.8, 4) is 0 Å². The van der Waals surface area contributed by atoms with Gasteiger partial charge in [-0.25, -0.2) is 0 Å². The molecule has 9 N–H and O–H groups in total. The van der Waals surface area contributed by atoms with E-state index in [4.69, 9.17) is 23.7 Å². The van der Waals surface area contributed by atoms with Gasteiger partial charge in [0.2, 0.25) is 0 Å². The van der Waals surface area contributed by atoms with Crippen LogP contribution < -0.4 is 0 Å². The predicted octanol–water partition coefficient (Wildman–Crippen LogP) is -5.91. The summed E-state index contributed by atoms with van der Waals surface area (Å²) >= 11 is 0. The molecule has 31 heavy (non-hydrogen) atoms. The Morgan fingerprint density at radius 2 is 1.29 bits per heavy atom. The van der Waals surface area contributed by atoms with E-state index in [0.29, 0.717) is 0 Å². The molecule has 14 atom stereocenters. The SMILES string of the molecule is CC1OC(OC2C(O)OCC(OC3OC(CO)C(O)C(O)C3O)C2O)C(O)C(O)C1O. The second-order valence-electron chi connectivity index (χ2n) is 7.87. The average Bonchev–Trinajstić information content (AvgIpc) is 2.75. The van der Waals surface area contributed by atoms with E-state index in [-0.39, 0.29) is 6.61 Å². The van der Waals surface area contributed by atoms with Crippen LogP contribution >= 0.6 is 0 Å². The van der Waals surface area contributed by atoms with E-state index in [1.165, 1.54) is 6.92 Å². The number of aliphatic hydroxyl groups is 9. The van der Waals surface area contributed by atoms with Crippen LogP contribution in [0.25, 0.3) is 0 Å². The van der Waals surface area contributed by atoms with Gasteiger partial charge in [-0.3, -0.25) is 0 Å². The summed E-state index contributed by atoms with van der Waals surface area (Å²) in [6.07, 6.45) is -21.1. The number of hydrogen-bond donors (Lipinski definition) is 9. The van der Waals surface area contributed by atoms with Crippen LogP contribution in [0, 0.1) is 0 Å². The summed E-state index contributed by atoms with van der Waals surface area (Å²) in [7, 11) is 0. The maximum atomic E-state index is 10.6. The zero-order chi connectivity index (χ0) is 23.0. The summed E-state index contributed by atoms with van der Waals surface area (Å²) in [5, 5.41) is 89.4. The van der Waals surface area contributed by atoms with Gasteiger partial charge < -0.3 is 69.6 Å².